The number of hydrogen-bond acceptors (Lipinski definition) is 4. The summed E-state index contributed by atoms with van der Waals surface area (Å²) in [7, 11) is 2.05. The lowest BCUT2D eigenvalue weighted by molar-refractivity contribution is -0.162. The van der Waals surface area contributed by atoms with Crippen molar-refractivity contribution in [1.29, 1.82) is 0 Å². The van der Waals surface area contributed by atoms with E-state index in [4.69, 9.17) is 4.74 Å². The van der Waals surface area contributed by atoms with Crippen molar-refractivity contribution in [3.05, 3.63) is 0 Å². The standard InChI is InChI=1S/C10H17NO3/c1-6(12)14-10-8-4-3-7(11(8)2)5-9(10)13/h7-10,13H,3-5H2,1-2H3/t7-,8+,9+,10-/m1/s1. The fraction of sp³-hybridized carbons (Fsp3) is 0.900. The lowest BCUT2D eigenvalue weighted by atomic mass is 9.97. The number of rotatable bonds is 1. The number of piperidine rings is 1. The Morgan fingerprint density at radius 1 is 1.50 bits per heavy atom. The number of ether oxygens (including phenoxy) is 1. The third-order valence-corrected chi connectivity index (χ3v) is 3.47. The van der Waals surface area contributed by atoms with Gasteiger partial charge in [-0.15, -0.1) is 0 Å². The first-order valence-corrected chi connectivity index (χ1v) is 5.17. The highest BCUT2D eigenvalue weighted by molar-refractivity contribution is 5.66. The average Bonchev–Trinajstić information content (AvgIpc) is 2.34. The summed E-state index contributed by atoms with van der Waals surface area (Å²) in [4.78, 5) is 13.1. The molecule has 0 aromatic carbocycles. The second-order valence-corrected chi connectivity index (χ2v) is 4.34. The molecule has 4 atom stereocenters. The van der Waals surface area contributed by atoms with E-state index in [0.717, 1.165) is 19.3 Å². The molecule has 4 nitrogen and oxygen atoms in total. The molecule has 0 saturated carbocycles. The van der Waals surface area contributed by atoms with Crippen LogP contribution in [-0.2, 0) is 9.53 Å². The van der Waals surface area contributed by atoms with E-state index in [9.17, 15) is 9.90 Å². The SMILES string of the molecule is CC(=O)O[C@H]1[C@@H](O)C[C@H]2CC[C@@H]1N2C. The number of esters is 1. The summed E-state index contributed by atoms with van der Waals surface area (Å²) in [6, 6.07) is 0.689. The second kappa shape index (κ2) is 3.51. The summed E-state index contributed by atoms with van der Waals surface area (Å²) in [5.41, 5.74) is 0. The number of carbonyl (C=O) groups excluding carboxylic acids is 1. The van der Waals surface area contributed by atoms with Crippen LogP contribution < -0.4 is 0 Å². The summed E-state index contributed by atoms with van der Waals surface area (Å²) in [6.45, 7) is 1.40. The van der Waals surface area contributed by atoms with Crippen LogP contribution in [0.25, 0.3) is 0 Å². The normalized spacial score (nSPS) is 42.5. The van der Waals surface area contributed by atoms with Crippen LogP contribution in [0.4, 0.5) is 0 Å². The van der Waals surface area contributed by atoms with Gasteiger partial charge in [-0.1, -0.05) is 0 Å². The monoisotopic (exact) mass is 199 g/mol. The number of carbonyl (C=O) groups is 1. The molecule has 2 fully saturated rings. The molecular weight excluding hydrogens is 182 g/mol. The third-order valence-electron chi connectivity index (χ3n) is 3.47. The fourth-order valence-electron chi connectivity index (χ4n) is 2.74. The van der Waals surface area contributed by atoms with E-state index in [-0.39, 0.29) is 18.1 Å². The maximum Gasteiger partial charge on any atom is 0.303 e. The van der Waals surface area contributed by atoms with Gasteiger partial charge in [0.25, 0.3) is 0 Å². The lowest BCUT2D eigenvalue weighted by Gasteiger charge is -2.39. The Kier molecular flexibility index (Phi) is 2.49. The Labute approximate surface area is 83.8 Å². The molecule has 2 bridgehead atoms. The lowest BCUT2D eigenvalue weighted by Crippen LogP contribution is -2.54. The predicted octanol–water partition coefficient (Wildman–Crippen LogP) is 0.145. The average molecular weight is 199 g/mol. The minimum absolute atomic E-state index is 0.215. The molecule has 0 unspecified atom stereocenters. The number of hydrogen-bond donors (Lipinski definition) is 1. The third kappa shape index (κ3) is 1.53. The van der Waals surface area contributed by atoms with Gasteiger partial charge in [0.2, 0.25) is 0 Å². The predicted molar refractivity (Wildman–Crippen MR) is 50.8 cm³/mol. The molecule has 0 aromatic rings. The van der Waals surface area contributed by atoms with E-state index in [0.29, 0.717) is 6.04 Å². The van der Waals surface area contributed by atoms with Gasteiger partial charge >= 0.3 is 5.97 Å². The highest BCUT2D eigenvalue weighted by Crippen LogP contribution is 2.35. The molecule has 14 heavy (non-hydrogen) atoms. The van der Waals surface area contributed by atoms with E-state index in [1.807, 2.05) is 7.05 Å². The molecule has 1 N–H and O–H groups in total. The summed E-state index contributed by atoms with van der Waals surface area (Å²) >= 11 is 0. The van der Waals surface area contributed by atoms with E-state index < -0.39 is 6.10 Å². The largest absolute Gasteiger partial charge is 0.458 e. The van der Waals surface area contributed by atoms with Gasteiger partial charge in [-0.3, -0.25) is 9.69 Å². The smallest absolute Gasteiger partial charge is 0.303 e. The van der Waals surface area contributed by atoms with Crippen molar-refractivity contribution >= 4 is 5.97 Å². The van der Waals surface area contributed by atoms with Gasteiger partial charge in [-0.2, -0.15) is 0 Å². The Hall–Kier alpha value is -0.610. The first-order chi connectivity index (χ1) is 6.59. The van der Waals surface area contributed by atoms with Gasteiger partial charge in [0, 0.05) is 19.0 Å². The molecule has 2 aliphatic heterocycles. The van der Waals surface area contributed by atoms with Crippen molar-refractivity contribution in [3.8, 4) is 0 Å². The highest BCUT2D eigenvalue weighted by atomic mass is 16.6. The molecule has 2 rings (SSSR count). The van der Waals surface area contributed by atoms with Crippen molar-refractivity contribution in [1.82, 2.24) is 4.90 Å². The summed E-state index contributed by atoms with van der Waals surface area (Å²) < 4.78 is 5.17. The van der Waals surface area contributed by atoms with E-state index in [1.54, 1.807) is 0 Å². The van der Waals surface area contributed by atoms with Gasteiger partial charge in [0.05, 0.1) is 6.10 Å². The fourth-order valence-corrected chi connectivity index (χ4v) is 2.74. The minimum atomic E-state index is -0.479. The maximum atomic E-state index is 10.9. The zero-order valence-electron chi connectivity index (χ0n) is 8.64. The van der Waals surface area contributed by atoms with Crippen LogP contribution in [0.2, 0.25) is 0 Å². The highest BCUT2D eigenvalue weighted by Gasteiger charge is 2.46. The zero-order chi connectivity index (χ0) is 10.3. The second-order valence-electron chi connectivity index (χ2n) is 4.34. The number of aliphatic hydroxyl groups excluding tert-OH is 1. The van der Waals surface area contributed by atoms with E-state index in [1.165, 1.54) is 6.92 Å². The molecule has 2 aliphatic rings. The van der Waals surface area contributed by atoms with Crippen LogP contribution in [0.5, 0.6) is 0 Å². The van der Waals surface area contributed by atoms with Crippen LogP contribution >= 0.6 is 0 Å². The van der Waals surface area contributed by atoms with Crippen LogP contribution in [0, 0.1) is 0 Å². The Morgan fingerprint density at radius 2 is 2.21 bits per heavy atom. The molecule has 0 aromatic heterocycles. The van der Waals surface area contributed by atoms with Crippen molar-refractivity contribution in [2.45, 2.75) is 50.5 Å². The number of fused-ring (bicyclic) bond motifs is 2. The van der Waals surface area contributed by atoms with Gasteiger partial charge in [-0.25, -0.2) is 0 Å². The van der Waals surface area contributed by atoms with Crippen LogP contribution in [-0.4, -0.2) is 47.3 Å². The van der Waals surface area contributed by atoms with Crippen molar-refractivity contribution in [2.24, 2.45) is 0 Å². The van der Waals surface area contributed by atoms with Crippen LogP contribution in [0.15, 0.2) is 0 Å². The summed E-state index contributed by atoms with van der Waals surface area (Å²) in [6.07, 6.45) is 2.06. The molecule has 4 heteroatoms. The molecule has 0 radical (unpaired) electrons. The van der Waals surface area contributed by atoms with Gasteiger partial charge in [0.1, 0.15) is 6.10 Å². The van der Waals surface area contributed by atoms with Gasteiger partial charge < -0.3 is 9.84 Å². The number of aliphatic hydroxyl groups is 1. The Balaban J connectivity index is 2.10. The minimum Gasteiger partial charge on any atom is -0.458 e. The van der Waals surface area contributed by atoms with Crippen molar-refractivity contribution in [3.63, 3.8) is 0 Å². The Bertz CT molecular complexity index is 244. The number of nitrogens with zero attached hydrogens (tertiary/aromatic N) is 1. The summed E-state index contributed by atoms with van der Waals surface area (Å²) in [5.74, 6) is -0.298. The molecule has 2 heterocycles. The van der Waals surface area contributed by atoms with Crippen molar-refractivity contribution < 1.29 is 14.6 Å². The van der Waals surface area contributed by atoms with E-state index in [2.05, 4.69) is 4.90 Å². The summed E-state index contributed by atoms with van der Waals surface area (Å²) in [5, 5.41) is 9.81. The zero-order valence-corrected chi connectivity index (χ0v) is 8.64. The molecule has 0 spiro atoms. The maximum absolute atomic E-state index is 10.9. The Morgan fingerprint density at radius 3 is 2.86 bits per heavy atom. The topological polar surface area (TPSA) is 49.8 Å². The van der Waals surface area contributed by atoms with Crippen molar-refractivity contribution in [2.75, 3.05) is 7.05 Å². The van der Waals surface area contributed by atoms with Gasteiger partial charge in [-0.05, 0) is 26.3 Å². The van der Waals surface area contributed by atoms with Gasteiger partial charge in [0.15, 0.2) is 0 Å². The molecule has 80 valence electrons. The first-order valence-electron chi connectivity index (χ1n) is 5.17. The molecular formula is C10H17NO3. The first kappa shape index (κ1) is 9.93. The van der Waals surface area contributed by atoms with Crippen LogP contribution in [0.1, 0.15) is 26.2 Å². The molecule has 0 amide bonds. The molecule has 0 aliphatic carbocycles. The van der Waals surface area contributed by atoms with Crippen LogP contribution in [0.3, 0.4) is 0 Å². The quantitative estimate of drug-likeness (QED) is 0.610. The molecule has 2 saturated heterocycles. The van der Waals surface area contributed by atoms with E-state index >= 15 is 0 Å². The number of likely N-dealkylation sites (N-methyl/N-ethyl adjacent to an activating group) is 1.